The van der Waals surface area contributed by atoms with Crippen molar-refractivity contribution in [3.05, 3.63) is 0 Å². The highest BCUT2D eigenvalue weighted by molar-refractivity contribution is 7.81. The van der Waals surface area contributed by atoms with Gasteiger partial charge in [-0.15, -0.1) is 0 Å². The van der Waals surface area contributed by atoms with Crippen molar-refractivity contribution in [2.45, 2.75) is 38.0 Å². The van der Waals surface area contributed by atoms with Crippen molar-refractivity contribution >= 4 is 18.5 Å². The molecular weight excluding hydrogens is 158 g/mol. The van der Waals surface area contributed by atoms with Crippen LogP contribution in [0.1, 0.15) is 26.7 Å². The van der Waals surface area contributed by atoms with Gasteiger partial charge in [-0.05, 0) is 26.7 Å². The van der Waals surface area contributed by atoms with E-state index in [1.54, 1.807) is 0 Å². The van der Waals surface area contributed by atoms with Gasteiger partial charge in [0, 0.05) is 12.6 Å². The monoisotopic (exact) mass is 173 g/mol. The summed E-state index contributed by atoms with van der Waals surface area (Å²) in [6, 6.07) is 0.428. The van der Waals surface area contributed by atoms with Crippen LogP contribution in [0.15, 0.2) is 0 Å². The lowest BCUT2D eigenvalue weighted by Crippen LogP contribution is -2.37. The molecule has 1 saturated heterocycles. The van der Waals surface area contributed by atoms with E-state index >= 15 is 0 Å². The number of carbonyl (C=O) groups is 1. The molecule has 0 N–H and O–H groups in total. The van der Waals surface area contributed by atoms with Gasteiger partial charge in [0.05, 0.1) is 5.25 Å². The number of amides is 1. The highest BCUT2D eigenvalue weighted by atomic mass is 32.1. The Morgan fingerprint density at radius 3 is 2.73 bits per heavy atom. The van der Waals surface area contributed by atoms with Crippen LogP contribution in [0.3, 0.4) is 0 Å². The molecule has 0 aromatic heterocycles. The summed E-state index contributed by atoms with van der Waals surface area (Å²) >= 11 is 4.12. The molecule has 0 aromatic carbocycles. The third-order valence-corrected chi connectivity index (χ3v) is 2.41. The molecule has 1 aliphatic heterocycles. The van der Waals surface area contributed by atoms with Crippen LogP contribution in [0.5, 0.6) is 0 Å². The number of carbonyl (C=O) groups excluding carboxylic acids is 1. The first-order chi connectivity index (χ1) is 5.13. The van der Waals surface area contributed by atoms with Gasteiger partial charge in [-0.3, -0.25) is 4.79 Å². The lowest BCUT2D eigenvalue weighted by molar-refractivity contribution is -0.130. The molecule has 0 radical (unpaired) electrons. The van der Waals surface area contributed by atoms with E-state index < -0.39 is 0 Å². The molecule has 0 bridgehead atoms. The SMILES string of the molecule is CC(S)C(=O)N1CCCC1C. The van der Waals surface area contributed by atoms with Crippen LogP contribution in [-0.2, 0) is 4.79 Å². The van der Waals surface area contributed by atoms with Crippen LogP contribution >= 0.6 is 12.6 Å². The van der Waals surface area contributed by atoms with Crippen molar-refractivity contribution in [3.8, 4) is 0 Å². The van der Waals surface area contributed by atoms with E-state index in [1.165, 1.54) is 0 Å². The van der Waals surface area contributed by atoms with E-state index in [4.69, 9.17) is 0 Å². The second-order valence-electron chi connectivity index (χ2n) is 3.20. The van der Waals surface area contributed by atoms with Gasteiger partial charge in [-0.1, -0.05) is 0 Å². The molecule has 0 saturated carbocycles. The standard InChI is InChI=1S/C8H15NOS/c1-6-4-3-5-9(6)8(10)7(2)11/h6-7,11H,3-5H2,1-2H3. The molecule has 64 valence electrons. The molecule has 1 amide bonds. The molecule has 1 heterocycles. The summed E-state index contributed by atoms with van der Waals surface area (Å²) in [6.07, 6.45) is 2.29. The van der Waals surface area contributed by atoms with Crippen LogP contribution in [0.4, 0.5) is 0 Å². The summed E-state index contributed by atoms with van der Waals surface area (Å²) in [7, 11) is 0. The fraction of sp³-hybridized carbons (Fsp3) is 0.875. The van der Waals surface area contributed by atoms with Crippen molar-refractivity contribution < 1.29 is 4.79 Å². The van der Waals surface area contributed by atoms with E-state index in [2.05, 4.69) is 19.6 Å². The zero-order valence-corrected chi connectivity index (χ0v) is 7.97. The molecule has 0 spiro atoms. The summed E-state index contributed by atoms with van der Waals surface area (Å²) in [5, 5.41) is -0.143. The Bertz CT molecular complexity index is 158. The van der Waals surface area contributed by atoms with Crippen LogP contribution in [-0.4, -0.2) is 28.6 Å². The van der Waals surface area contributed by atoms with E-state index in [0.717, 1.165) is 19.4 Å². The topological polar surface area (TPSA) is 20.3 Å². The normalized spacial score (nSPS) is 27.2. The number of nitrogens with zero attached hydrogens (tertiary/aromatic N) is 1. The van der Waals surface area contributed by atoms with Gasteiger partial charge in [-0.2, -0.15) is 12.6 Å². The largest absolute Gasteiger partial charge is 0.339 e. The highest BCUT2D eigenvalue weighted by Gasteiger charge is 2.26. The van der Waals surface area contributed by atoms with Crippen molar-refractivity contribution in [1.82, 2.24) is 4.90 Å². The smallest absolute Gasteiger partial charge is 0.235 e. The lowest BCUT2D eigenvalue weighted by atomic mass is 10.2. The van der Waals surface area contributed by atoms with Crippen LogP contribution < -0.4 is 0 Å². The average Bonchev–Trinajstić information content (AvgIpc) is 2.33. The van der Waals surface area contributed by atoms with Gasteiger partial charge in [-0.25, -0.2) is 0 Å². The van der Waals surface area contributed by atoms with Crippen LogP contribution in [0.2, 0.25) is 0 Å². The number of rotatable bonds is 1. The van der Waals surface area contributed by atoms with E-state index in [-0.39, 0.29) is 11.2 Å². The molecule has 2 unspecified atom stereocenters. The summed E-state index contributed by atoms with van der Waals surface area (Å²) in [6.45, 7) is 4.85. The third kappa shape index (κ3) is 1.89. The molecule has 0 aromatic rings. The van der Waals surface area contributed by atoms with Gasteiger partial charge >= 0.3 is 0 Å². The third-order valence-electron chi connectivity index (χ3n) is 2.19. The minimum absolute atomic E-state index is 0.143. The molecular formula is C8H15NOS. The van der Waals surface area contributed by atoms with E-state index in [1.807, 2.05) is 11.8 Å². The van der Waals surface area contributed by atoms with E-state index in [9.17, 15) is 4.79 Å². The quantitative estimate of drug-likeness (QED) is 0.593. The first kappa shape index (κ1) is 8.91. The predicted molar refractivity (Wildman–Crippen MR) is 48.9 cm³/mol. The Balaban J connectivity index is 2.53. The summed E-state index contributed by atoms with van der Waals surface area (Å²) < 4.78 is 0. The molecule has 3 heteroatoms. The van der Waals surface area contributed by atoms with Crippen LogP contribution in [0, 0.1) is 0 Å². The molecule has 1 rings (SSSR count). The maximum absolute atomic E-state index is 11.4. The second-order valence-corrected chi connectivity index (χ2v) is 3.97. The summed E-state index contributed by atoms with van der Waals surface area (Å²) in [4.78, 5) is 13.3. The fourth-order valence-corrected chi connectivity index (χ4v) is 1.65. The van der Waals surface area contributed by atoms with Gasteiger partial charge in [0.15, 0.2) is 0 Å². The minimum Gasteiger partial charge on any atom is -0.339 e. The van der Waals surface area contributed by atoms with Gasteiger partial charge < -0.3 is 4.90 Å². The van der Waals surface area contributed by atoms with Crippen molar-refractivity contribution in [2.24, 2.45) is 0 Å². The highest BCUT2D eigenvalue weighted by Crippen LogP contribution is 2.18. The van der Waals surface area contributed by atoms with Gasteiger partial charge in [0.1, 0.15) is 0 Å². The number of likely N-dealkylation sites (tertiary alicyclic amines) is 1. The second kappa shape index (κ2) is 3.48. The zero-order chi connectivity index (χ0) is 8.43. The van der Waals surface area contributed by atoms with Gasteiger partial charge in [0.2, 0.25) is 5.91 Å². The summed E-state index contributed by atoms with van der Waals surface area (Å²) in [5.74, 6) is 0.179. The number of thiol groups is 1. The Labute approximate surface area is 73.4 Å². The Hall–Kier alpha value is -0.180. The van der Waals surface area contributed by atoms with Crippen molar-refractivity contribution in [2.75, 3.05) is 6.54 Å². The molecule has 2 nitrogen and oxygen atoms in total. The Kier molecular flexibility index (Phi) is 2.82. The average molecular weight is 173 g/mol. The van der Waals surface area contributed by atoms with E-state index in [0.29, 0.717) is 6.04 Å². The summed E-state index contributed by atoms with van der Waals surface area (Å²) in [5.41, 5.74) is 0. The molecule has 1 fully saturated rings. The Morgan fingerprint density at radius 1 is 1.73 bits per heavy atom. The first-order valence-electron chi connectivity index (χ1n) is 4.11. The molecule has 2 atom stereocenters. The van der Waals surface area contributed by atoms with Crippen molar-refractivity contribution in [3.63, 3.8) is 0 Å². The maximum Gasteiger partial charge on any atom is 0.235 e. The lowest BCUT2D eigenvalue weighted by Gasteiger charge is -2.22. The fourth-order valence-electron chi connectivity index (χ4n) is 1.50. The predicted octanol–water partition coefficient (Wildman–Crippen LogP) is 1.32. The zero-order valence-electron chi connectivity index (χ0n) is 7.08. The number of hydrogen-bond acceptors (Lipinski definition) is 2. The maximum atomic E-state index is 11.4. The molecule has 1 aliphatic rings. The first-order valence-corrected chi connectivity index (χ1v) is 4.63. The minimum atomic E-state index is -0.143. The Morgan fingerprint density at radius 2 is 2.36 bits per heavy atom. The van der Waals surface area contributed by atoms with Crippen LogP contribution in [0.25, 0.3) is 0 Å². The van der Waals surface area contributed by atoms with Gasteiger partial charge in [0.25, 0.3) is 0 Å². The van der Waals surface area contributed by atoms with Crippen molar-refractivity contribution in [1.29, 1.82) is 0 Å². The molecule has 11 heavy (non-hydrogen) atoms. The number of hydrogen-bond donors (Lipinski definition) is 1. The molecule has 0 aliphatic carbocycles.